The highest BCUT2D eigenvalue weighted by atomic mass is 16.6. The molecular weight excluding hydrogens is 156 g/mol. The van der Waals surface area contributed by atoms with Gasteiger partial charge in [0.05, 0.1) is 0 Å². The van der Waals surface area contributed by atoms with Crippen LogP contribution >= 0.6 is 0 Å². The molecule has 2 N–H and O–H groups in total. The molecule has 0 spiro atoms. The summed E-state index contributed by atoms with van der Waals surface area (Å²) < 4.78 is 4.99. The summed E-state index contributed by atoms with van der Waals surface area (Å²) in [6.07, 6.45) is -0.292. The maximum atomic E-state index is 11.0. The first-order chi connectivity index (χ1) is 5.61. The fraction of sp³-hybridized carbons (Fsp3) is 0.625. The Morgan fingerprint density at radius 3 is 2.50 bits per heavy atom. The van der Waals surface area contributed by atoms with E-state index in [9.17, 15) is 4.79 Å². The first-order valence-electron chi connectivity index (χ1n) is 3.80. The molecule has 70 valence electrons. The predicted octanol–water partition coefficient (Wildman–Crippen LogP) is -0.129. The summed E-state index contributed by atoms with van der Waals surface area (Å²) in [6.45, 7) is 5.68. The van der Waals surface area contributed by atoms with Crippen molar-refractivity contribution in [3.63, 3.8) is 0 Å². The molecule has 4 nitrogen and oxygen atoms in total. The lowest BCUT2D eigenvalue weighted by atomic mass is 10.4. The minimum atomic E-state index is -0.371. The molecule has 0 aliphatic rings. The summed E-state index contributed by atoms with van der Waals surface area (Å²) in [5, 5.41) is 5.74. The molecule has 0 aliphatic carbocycles. The Hall–Kier alpha value is -0.870. The molecule has 0 saturated heterocycles. The van der Waals surface area contributed by atoms with Crippen molar-refractivity contribution in [2.75, 3.05) is 20.6 Å². The Kier molecular flexibility index (Phi) is 5.32. The molecule has 1 atom stereocenters. The van der Waals surface area contributed by atoms with Crippen molar-refractivity contribution in [3.8, 4) is 0 Å². The summed E-state index contributed by atoms with van der Waals surface area (Å²) in [5.74, 6) is -0.371. The van der Waals surface area contributed by atoms with Gasteiger partial charge < -0.3 is 10.1 Å². The molecule has 0 radical (unpaired) electrons. The fourth-order valence-electron chi connectivity index (χ4n) is 0.618. The van der Waals surface area contributed by atoms with Gasteiger partial charge in [-0.1, -0.05) is 6.58 Å². The monoisotopic (exact) mass is 172 g/mol. The third-order valence-electron chi connectivity index (χ3n) is 1.31. The molecule has 0 bridgehead atoms. The van der Waals surface area contributed by atoms with E-state index in [2.05, 4.69) is 17.2 Å². The van der Waals surface area contributed by atoms with Crippen LogP contribution in [0.25, 0.3) is 0 Å². The number of ether oxygens (including phenoxy) is 1. The molecule has 0 aromatic rings. The Morgan fingerprint density at radius 2 is 2.17 bits per heavy atom. The maximum absolute atomic E-state index is 11.0. The van der Waals surface area contributed by atoms with Crippen LogP contribution in [0, 0.1) is 0 Å². The van der Waals surface area contributed by atoms with E-state index < -0.39 is 0 Å². The zero-order valence-electron chi connectivity index (χ0n) is 7.81. The van der Waals surface area contributed by atoms with Gasteiger partial charge in [-0.25, -0.2) is 4.79 Å². The van der Waals surface area contributed by atoms with Gasteiger partial charge in [-0.15, -0.1) is 0 Å². The number of esters is 1. The van der Waals surface area contributed by atoms with Crippen LogP contribution in [0.5, 0.6) is 0 Å². The van der Waals surface area contributed by atoms with Crippen LogP contribution in [0.1, 0.15) is 6.92 Å². The van der Waals surface area contributed by atoms with Crippen molar-refractivity contribution in [3.05, 3.63) is 12.2 Å². The van der Waals surface area contributed by atoms with Crippen molar-refractivity contribution >= 4 is 5.97 Å². The zero-order chi connectivity index (χ0) is 9.56. The van der Waals surface area contributed by atoms with E-state index in [0.29, 0.717) is 12.1 Å². The van der Waals surface area contributed by atoms with Crippen molar-refractivity contribution < 1.29 is 9.53 Å². The van der Waals surface area contributed by atoms with E-state index in [1.807, 2.05) is 0 Å². The van der Waals surface area contributed by atoms with E-state index in [-0.39, 0.29) is 12.2 Å². The third kappa shape index (κ3) is 4.10. The molecule has 0 amide bonds. The van der Waals surface area contributed by atoms with Crippen LogP contribution in [0.2, 0.25) is 0 Å². The van der Waals surface area contributed by atoms with Crippen LogP contribution in [0.4, 0.5) is 0 Å². The Bertz CT molecular complexity index is 168. The van der Waals surface area contributed by atoms with Crippen LogP contribution in [0.3, 0.4) is 0 Å². The second-order valence-corrected chi connectivity index (χ2v) is 2.52. The van der Waals surface area contributed by atoms with Crippen molar-refractivity contribution in [1.82, 2.24) is 10.6 Å². The topological polar surface area (TPSA) is 50.4 Å². The van der Waals surface area contributed by atoms with Crippen molar-refractivity contribution in [2.24, 2.45) is 0 Å². The highest BCUT2D eigenvalue weighted by Crippen LogP contribution is 1.94. The number of rotatable bonds is 5. The van der Waals surface area contributed by atoms with E-state index >= 15 is 0 Å². The van der Waals surface area contributed by atoms with Gasteiger partial charge >= 0.3 is 5.97 Å². The van der Waals surface area contributed by atoms with Crippen molar-refractivity contribution in [1.29, 1.82) is 0 Å². The van der Waals surface area contributed by atoms with Gasteiger partial charge in [0, 0.05) is 12.1 Å². The van der Waals surface area contributed by atoms with Gasteiger partial charge in [-0.05, 0) is 21.0 Å². The first kappa shape index (κ1) is 11.1. The van der Waals surface area contributed by atoms with Gasteiger partial charge in [0.1, 0.15) is 0 Å². The fourth-order valence-corrected chi connectivity index (χ4v) is 0.618. The van der Waals surface area contributed by atoms with Crippen molar-refractivity contribution in [2.45, 2.75) is 13.2 Å². The molecule has 0 rings (SSSR count). The summed E-state index contributed by atoms with van der Waals surface area (Å²) >= 11 is 0. The molecule has 0 aromatic carbocycles. The third-order valence-corrected chi connectivity index (χ3v) is 1.31. The largest absolute Gasteiger partial charge is 0.442 e. The summed E-state index contributed by atoms with van der Waals surface area (Å²) in [5.41, 5.74) is 0.409. The lowest BCUT2D eigenvalue weighted by molar-refractivity contribution is -0.145. The average Bonchev–Trinajstić information content (AvgIpc) is 2.03. The molecule has 1 unspecified atom stereocenters. The van der Waals surface area contributed by atoms with E-state index in [4.69, 9.17) is 4.74 Å². The molecular formula is C8H16N2O2. The minimum absolute atomic E-state index is 0.292. The molecule has 0 aliphatic heterocycles. The lowest BCUT2D eigenvalue weighted by Crippen LogP contribution is -2.39. The number of carbonyl (C=O) groups excluding carboxylic acids is 1. The Morgan fingerprint density at radius 1 is 1.58 bits per heavy atom. The highest BCUT2D eigenvalue weighted by molar-refractivity contribution is 5.87. The van der Waals surface area contributed by atoms with Crippen LogP contribution in [0.15, 0.2) is 12.2 Å². The van der Waals surface area contributed by atoms with Gasteiger partial charge in [0.2, 0.25) is 0 Å². The normalized spacial score (nSPS) is 12.2. The standard InChI is InChI=1S/C8H16N2O2/c1-6(2)8(11)12-7(10-4)5-9-3/h7,9-10H,1,5H2,2-4H3. The smallest absolute Gasteiger partial charge is 0.334 e. The summed E-state index contributed by atoms with van der Waals surface area (Å²) in [4.78, 5) is 11.0. The quantitative estimate of drug-likeness (QED) is 0.344. The number of likely N-dealkylation sites (N-methyl/N-ethyl adjacent to an activating group) is 2. The SMILES string of the molecule is C=C(C)C(=O)OC(CNC)NC. The molecule has 0 fully saturated rings. The summed E-state index contributed by atoms with van der Waals surface area (Å²) in [7, 11) is 3.52. The number of carbonyl (C=O) groups is 1. The number of nitrogens with one attached hydrogen (secondary N) is 2. The van der Waals surface area contributed by atoms with Crippen LogP contribution in [-0.4, -0.2) is 32.8 Å². The van der Waals surface area contributed by atoms with Crippen LogP contribution < -0.4 is 10.6 Å². The molecule has 0 aromatic heterocycles. The van der Waals surface area contributed by atoms with Gasteiger partial charge in [0.25, 0.3) is 0 Å². The highest BCUT2D eigenvalue weighted by Gasteiger charge is 2.10. The second-order valence-electron chi connectivity index (χ2n) is 2.52. The molecule has 4 heteroatoms. The second kappa shape index (κ2) is 5.74. The molecule has 0 heterocycles. The first-order valence-corrected chi connectivity index (χ1v) is 3.80. The Labute approximate surface area is 73.0 Å². The zero-order valence-corrected chi connectivity index (χ0v) is 7.81. The molecule has 0 saturated carbocycles. The van der Waals surface area contributed by atoms with E-state index in [0.717, 1.165) is 0 Å². The number of hydrogen-bond acceptors (Lipinski definition) is 4. The van der Waals surface area contributed by atoms with Gasteiger partial charge in [0.15, 0.2) is 6.23 Å². The van der Waals surface area contributed by atoms with E-state index in [1.54, 1.807) is 21.0 Å². The number of hydrogen-bond donors (Lipinski definition) is 2. The van der Waals surface area contributed by atoms with Crippen LogP contribution in [-0.2, 0) is 9.53 Å². The molecule has 12 heavy (non-hydrogen) atoms. The minimum Gasteiger partial charge on any atom is -0.442 e. The average molecular weight is 172 g/mol. The predicted molar refractivity (Wildman–Crippen MR) is 47.7 cm³/mol. The van der Waals surface area contributed by atoms with Gasteiger partial charge in [-0.2, -0.15) is 0 Å². The Balaban J connectivity index is 3.85. The van der Waals surface area contributed by atoms with Gasteiger partial charge in [-0.3, -0.25) is 5.32 Å². The summed E-state index contributed by atoms with van der Waals surface area (Å²) in [6, 6.07) is 0. The van der Waals surface area contributed by atoms with E-state index in [1.165, 1.54) is 0 Å². The lowest BCUT2D eigenvalue weighted by Gasteiger charge is -2.16. The maximum Gasteiger partial charge on any atom is 0.334 e.